The summed E-state index contributed by atoms with van der Waals surface area (Å²) in [6.45, 7) is 4.97. The highest BCUT2D eigenvalue weighted by molar-refractivity contribution is 7.90. The summed E-state index contributed by atoms with van der Waals surface area (Å²) < 4.78 is 27.6. The standard InChI is InChI=1S/C19H20N4O4S/c1-4-16-17(23-11-5-6-12(2)18(23)21-16)19(25)20-14-7-9-15(10-8-14)28(26,27)22-13(3)24/h5-11H,4H2,1-3H3,(H,20,25)(H,22,24). The molecule has 2 amide bonds. The number of fused-ring (bicyclic) bond motifs is 1. The van der Waals surface area contributed by atoms with Crippen LogP contribution < -0.4 is 10.0 Å². The topological polar surface area (TPSA) is 110 Å². The Labute approximate surface area is 162 Å². The SMILES string of the molecule is CCc1nc2c(C)cccn2c1C(=O)Nc1ccc(S(=O)(=O)NC(C)=O)cc1. The first-order valence-electron chi connectivity index (χ1n) is 8.64. The molecule has 1 aromatic carbocycles. The molecule has 0 saturated heterocycles. The van der Waals surface area contributed by atoms with Gasteiger partial charge in [0.1, 0.15) is 11.3 Å². The van der Waals surface area contributed by atoms with Crippen molar-refractivity contribution < 1.29 is 18.0 Å². The van der Waals surface area contributed by atoms with Crippen molar-refractivity contribution in [3.8, 4) is 0 Å². The predicted molar refractivity (Wildman–Crippen MR) is 105 cm³/mol. The maximum absolute atomic E-state index is 12.9. The molecule has 0 bridgehead atoms. The summed E-state index contributed by atoms with van der Waals surface area (Å²) in [5, 5.41) is 2.77. The Morgan fingerprint density at radius 2 is 1.82 bits per heavy atom. The van der Waals surface area contributed by atoms with E-state index in [0.717, 1.165) is 18.1 Å². The van der Waals surface area contributed by atoms with Gasteiger partial charge in [0.15, 0.2) is 0 Å². The number of imidazole rings is 1. The zero-order valence-electron chi connectivity index (χ0n) is 15.7. The van der Waals surface area contributed by atoms with E-state index in [1.165, 1.54) is 24.3 Å². The minimum Gasteiger partial charge on any atom is -0.321 e. The van der Waals surface area contributed by atoms with E-state index in [9.17, 15) is 18.0 Å². The van der Waals surface area contributed by atoms with Crippen LogP contribution in [-0.2, 0) is 21.2 Å². The largest absolute Gasteiger partial charge is 0.321 e. The van der Waals surface area contributed by atoms with Crippen LogP contribution in [0.15, 0.2) is 47.5 Å². The number of pyridine rings is 1. The maximum atomic E-state index is 12.9. The highest BCUT2D eigenvalue weighted by Crippen LogP contribution is 2.19. The lowest BCUT2D eigenvalue weighted by molar-refractivity contribution is -0.117. The molecule has 0 atom stereocenters. The number of carbonyl (C=O) groups is 2. The lowest BCUT2D eigenvalue weighted by Crippen LogP contribution is -2.28. The molecule has 0 aliphatic carbocycles. The fourth-order valence-corrected chi connectivity index (χ4v) is 3.88. The fraction of sp³-hybridized carbons (Fsp3) is 0.211. The van der Waals surface area contributed by atoms with E-state index >= 15 is 0 Å². The number of aromatic nitrogens is 2. The Morgan fingerprint density at radius 3 is 2.43 bits per heavy atom. The number of amides is 2. The Hall–Kier alpha value is -3.20. The molecular weight excluding hydrogens is 380 g/mol. The van der Waals surface area contributed by atoms with Crippen molar-refractivity contribution in [2.24, 2.45) is 0 Å². The zero-order chi connectivity index (χ0) is 20.5. The van der Waals surface area contributed by atoms with Crippen LogP contribution in [0.25, 0.3) is 5.65 Å². The molecule has 0 aliphatic heterocycles. The smallest absolute Gasteiger partial charge is 0.274 e. The first kappa shape index (κ1) is 19.6. The number of nitrogens with one attached hydrogen (secondary N) is 2. The number of sulfonamides is 1. The molecule has 0 spiro atoms. The van der Waals surface area contributed by atoms with Crippen LogP contribution in [0, 0.1) is 6.92 Å². The molecule has 0 fully saturated rings. The minimum absolute atomic E-state index is 0.0691. The van der Waals surface area contributed by atoms with Gasteiger partial charge in [0.25, 0.3) is 15.9 Å². The highest BCUT2D eigenvalue weighted by Gasteiger charge is 2.20. The summed E-state index contributed by atoms with van der Waals surface area (Å²) in [6, 6.07) is 9.35. The number of benzene rings is 1. The third-order valence-corrected chi connectivity index (χ3v) is 5.62. The summed E-state index contributed by atoms with van der Waals surface area (Å²) in [5.74, 6) is -1.01. The second-order valence-electron chi connectivity index (χ2n) is 6.29. The van der Waals surface area contributed by atoms with Crippen molar-refractivity contribution in [1.82, 2.24) is 14.1 Å². The molecule has 9 heteroatoms. The first-order valence-corrected chi connectivity index (χ1v) is 10.1. The van der Waals surface area contributed by atoms with E-state index < -0.39 is 15.9 Å². The van der Waals surface area contributed by atoms with Crippen molar-refractivity contribution in [3.63, 3.8) is 0 Å². The summed E-state index contributed by atoms with van der Waals surface area (Å²) in [4.78, 5) is 28.4. The van der Waals surface area contributed by atoms with Gasteiger partial charge < -0.3 is 5.32 Å². The maximum Gasteiger partial charge on any atom is 0.274 e. The van der Waals surface area contributed by atoms with Gasteiger partial charge in [-0.3, -0.25) is 14.0 Å². The van der Waals surface area contributed by atoms with Gasteiger partial charge in [-0.15, -0.1) is 0 Å². The van der Waals surface area contributed by atoms with E-state index in [1.807, 2.05) is 30.7 Å². The number of hydrogen-bond donors (Lipinski definition) is 2. The molecule has 0 unspecified atom stereocenters. The van der Waals surface area contributed by atoms with Crippen molar-refractivity contribution in [2.45, 2.75) is 32.1 Å². The van der Waals surface area contributed by atoms with Gasteiger partial charge in [-0.05, 0) is 49.2 Å². The molecular formula is C19H20N4O4S. The van der Waals surface area contributed by atoms with Gasteiger partial charge in [-0.2, -0.15) is 0 Å². The molecule has 28 heavy (non-hydrogen) atoms. The molecule has 2 heterocycles. The van der Waals surface area contributed by atoms with Gasteiger partial charge >= 0.3 is 0 Å². The summed E-state index contributed by atoms with van der Waals surface area (Å²) in [6.07, 6.45) is 2.38. The van der Waals surface area contributed by atoms with Gasteiger partial charge in [0.05, 0.1) is 10.6 Å². The third kappa shape index (κ3) is 3.74. The van der Waals surface area contributed by atoms with Crippen LogP contribution in [-0.4, -0.2) is 29.6 Å². The second-order valence-corrected chi connectivity index (χ2v) is 7.97. The molecule has 2 N–H and O–H groups in total. The van der Waals surface area contributed by atoms with Crippen molar-refractivity contribution in [2.75, 3.05) is 5.32 Å². The number of aryl methyl sites for hydroxylation is 2. The Bertz CT molecular complexity index is 1160. The van der Waals surface area contributed by atoms with Crippen molar-refractivity contribution in [3.05, 3.63) is 59.5 Å². The van der Waals surface area contributed by atoms with E-state index in [0.29, 0.717) is 23.5 Å². The van der Waals surface area contributed by atoms with Gasteiger partial charge in [-0.25, -0.2) is 18.1 Å². The van der Waals surface area contributed by atoms with Crippen LogP contribution in [0.3, 0.4) is 0 Å². The Morgan fingerprint density at radius 1 is 1.14 bits per heavy atom. The number of hydrogen-bond acceptors (Lipinski definition) is 5. The average molecular weight is 400 g/mol. The number of anilines is 1. The lowest BCUT2D eigenvalue weighted by atomic mass is 10.2. The van der Waals surface area contributed by atoms with Crippen LogP contribution in [0.4, 0.5) is 5.69 Å². The quantitative estimate of drug-likeness (QED) is 0.683. The van der Waals surface area contributed by atoms with Crippen molar-refractivity contribution in [1.29, 1.82) is 0 Å². The lowest BCUT2D eigenvalue weighted by Gasteiger charge is -2.09. The molecule has 146 valence electrons. The Balaban J connectivity index is 1.89. The van der Waals surface area contributed by atoms with Crippen molar-refractivity contribution >= 4 is 33.2 Å². The molecule has 2 aromatic heterocycles. The molecule has 0 saturated carbocycles. The number of carbonyl (C=O) groups excluding carboxylic acids is 2. The summed E-state index contributed by atoms with van der Waals surface area (Å²) in [7, 11) is -3.92. The molecule has 3 aromatic rings. The molecule has 8 nitrogen and oxygen atoms in total. The van der Waals surface area contributed by atoms with Crippen LogP contribution >= 0.6 is 0 Å². The third-order valence-electron chi connectivity index (χ3n) is 4.17. The summed E-state index contributed by atoms with van der Waals surface area (Å²) >= 11 is 0. The molecule has 0 radical (unpaired) electrons. The Kier molecular flexibility index (Phi) is 5.19. The van der Waals surface area contributed by atoms with Gasteiger partial charge in [0.2, 0.25) is 5.91 Å². The number of nitrogens with zero attached hydrogens (tertiary/aromatic N) is 2. The second kappa shape index (κ2) is 7.43. The zero-order valence-corrected chi connectivity index (χ0v) is 16.5. The highest BCUT2D eigenvalue weighted by atomic mass is 32.2. The van der Waals surface area contributed by atoms with Gasteiger partial charge in [0, 0.05) is 18.8 Å². The molecule has 0 aliphatic rings. The monoisotopic (exact) mass is 400 g/mol. The minimum atomic E-state index is -3.92. The average Bonchev–Trinajstić information content (AvgIpc) is 3.01. The fourth-order valence-electron chi connectivity index (χ4n) is 2.89. The van der Waals surface area contributed by atoms with E-state index in [-0.39, 0.29) is 10.8 Å². The molecule has 3 rings (SSSR count). The van der Waals surface area contributed by atoms with E-state index in [4.69, 9.17) is 0 Å². The van der Waals surface area contributed by atoms with Crippen LogP contribution in [0.2, 0.25) is 0 Å². The van der Waals surface area contributed by atoms with Crippen LogP contribution in [0.1, 0.15) is 35.6 Å². The van der Waals surface area contributed by atoms with E-state index in [1.54, 1.807) is 10.6 Å². The normalized spacial score (nSPS) is 11.4. The predicted octanol–water partition coefficient (Wildman–Crippen LogP) is 2.28. The number of rotatable bonds is 5. The first-order chi connectivity index (χ1) is 13.2. The van der Waals surface area contributed by atoms with Crippen LogP contribution in [0.5, 0.6) is 0 Å². The van der Waals surface area contributed by atoms with E-state index in [2.05, 4.69) is 10.3 Å². The van der Waals surface area contributed by atoms with Gasteiger partial charge in [-0.1, -0.05) is 13.0 Å². The summed E-state index contributed by atoms with van der Waals surface area (Å²) in [5.41, 5.74) is 3.23.